The lowest BCUT2D eigenvalue weighted by atomic mass is 10.1. The fourth-order valence-electron chi connectivity index (χ4n) is 2.27. The molecule has 1 aliphatic rings. The molecule has 0 saturated carbocycles. The second-order valence-electron chi connectivity index (χ2n) is 4.57. The molecular weight excluding hydrogens is 274 g/mol. The number of rotatable bonds is 4. The summed E-state index contributed by atoms with van der Waals surface area (Å²) in [6.45, 7) is 1.13. The highest BCUT2D eigenvalue weighted by atomic mass is 16.6. The van der Waals surface area contributed by atoms with E-state index in [4.69, 9.17) is 20.3 Å². The molecule has 7 nitrogen and oxygen atoms in total. The van der Waals surface area contributed by atoms with Crippen molar-refractivity contribution < 1.29 is 19.4 Å². The van der Waals surface area contributed by atoms with Gasteiger partial charge in [-0.25, -0.2) is 4.68 Å². The Morgan fingerprint density at radius 3 is 2.81 bits per heavy atom. The molecular formula is C14H15N3O4. The van der Waals surface area contributed by atoms with Crippen LogP contribution in [0.5, 0.6) is 11.5 Å². The molecule has 3 N–H and O–H groups in total. The number of aliphatic hydroxyl groups excluding tert-OH is 1. The Kier molecular flexibility index (Phi) is 3.49. The van der Waals surface area contributed by atoms with E-state index in [9.17, 15) is 4.79 Å². The molecule has 110 valence electrons. The van der Waals surface area contributed by atoms with Gasteiger partial charge in [0.1, 0.15) is 24.7 Å². The predicted octanol–water partition coefficient (Wildman–Crippen LogP) is 0.708. The van der Waals surface area contributed by atoms with Crippen LogP contribution in [0.15, 0.2) is 18.2 Å². The Morgan fingerprint density at radius 2 is 2.10 bits per heavy atom. The Labute approximate surface area is 120 Å². The summed E-state index contributed by atoms with van der Waals surface area (Å²) in [7, 11) is 0. The van der Waals surface area contributed by atoms with E-state index in [0.717, 1.165) is 0 Å². The molecule has 0 saturated heterocycles. The highest BCUT2D eigenvalue weighted by Gasteiger charge is 2.19. The number of ether oxygens (including phenoxy) is 2. The second kappa shape index (κ2) is 5.45. The number of aromatic nitrogens is 2. The van der Waals surface area contributed by atoms with Gasteiger partial charge in [0.25, 0.3) is 0 Å². The van der Waals surface area contributed by atoms with Crippen LogP contribution in [0.2, 0.25) is 0 Å². The summed E-state index contributed by atoms with van der Waals surface area (Å²) in [4.78, 5) is 11.3. The molecule has 0 fully saturated rings. The van der Waals surface area contributed by atoms with Crippen molar-refractivity contribution >= 4 is 12.1 Å². The van der Waals surface area contributed by atoms with E-state index in [1.807, 2.05) is 0 Å². The number of carbonyl (C=O) groups excluding carboxylic acids is 1. The van der Waals surface area contributed by atoms with Gasteiger partial charge < -0.3 is 20.3 Å². The van der Waals surface area contributed by atoms with Crippen LogP contribution in [-0.2, 0) is 6.54 Å². The lowest BCUT2D eigenvalue weighted by Crippen LogP contribution is -2.15. The minimum atomic E-state index is -0.106. The lowest BCUT2D eigenvalue weighted by molar-refractivity contribution is 0.112. The normalized spacial score (nSPS) is 13.2. The molecule has 2 heterocycles. The molecule has 0 unspecified atom stereocenters. The number of nitrogens with two attached hydrogens (primary N) is 1. The van der Waals surface area contributed by atoms with Gasteiger partial charge in [-0.05, 0) is 18.2 Å². The van der Waals surface area contributed by atoms with Crippen molar-refractivity contribution in [3.05, 3.63) is 23.8 Å². The number of hydrogen-bond acceptors (Lipinski definition) is 6. The third kappa shape index (κ3) is 2.31. The molecule has 0 amide bonds. The zero-order valence-corrected chi connectivity index (χ0v) is 11.3. The number of nitrogen functional groups attached to an aromatic ring is 1. The smallest absolute Gasteiger partial charge is 0.162 e. The van der Waals surface area contributed by atoms with Gasteiger partial charge >= 0.3 is 0 Å². The molecule has 0 radical (unpaired) electrons. The summed E-state index contributed by atoms with van der Waals surface area (Å²) in [5.74, 6) is 1.52. The second-order valence-corrected chi connectivity index (χ2v) is 4.57. The first kappa shape index (κ1) is 13.4. The molecule has 1 aliphatic heterocycles. The third-order valence-corrected chi connectivity index (χ3v) is 3.28. The molecule has 7 heteroatoms. The number of carbonyl (C=O) groups is 1. The zero-order chi connectivity index (χ0) is 14.8. The Morgan fingerprint density at radius 1 is 1.33 bits per heavy atom. The highest BCUT2D eigenvalue weighted by molar-refractivity contribution is 5.91. The van der Waals surface area contributed by atoms with E-state index in [1.54, 1.807) is 18.2 Å². The summed E-state index contributed by atoms with van der Waals surface area (Å²) >= 11 is 0. The maximum atomic E-state index is 11.3. The SMILES string of the molecule is Nc1c(C=O)c(-c2ccc3c(c2)OCCO3)nn1CCO. The number of aldehydes is 1. The Balaban J connectivity index is 2.07. The van der Waals surface area contributed by atoms with Crippen LogP contribution in [0.1, 0.15) is 10.4 Å². The quantitative estimate of drug-likeness (QED) is 0.804. The first-order valence-electron chi connectivity index (χ1n) is 6.57. The molecule has 1 aromatic heterocycles. The van der Waals surface area contributed by atoms with Crippen molar-refractivity contribution in [3.63, 3.8) is 0 Å². The number of fused-ring (bicyclic) bond motifs is 1. The van der Waals surface area contributed by atoms with Crippen molar-refractivity contribution in [2.45, 2.75) is 6.54 Å². The van der Waals surface area contributed by atoms with Crippen LogP contribution in [0.3, 0.4) is 0 Å². The summed E-state index contributed by atoms with van der Waals surface area (Å²) < 4.78 is 12.4. The number of anilines is 1. The first-order valence-corrected chi connectivity index (χ1v) is 6.57. The Hall–Kier alpha value is -2.54. The maximum Gasteiger partial charge on any atom is 0.162 e. The van der Waals surface area contributed by atoms with Gasteiger partial charge in [-0.3, -0.25) is 4.79 Å². The minimum absolute atomic E-state index is 0.106. The fourth-order valence-corrected chi connectivity index (χ4v) is 2.27. The van der Waals surface area contributed by atoms with Crippen LogP contribution >= 0.6 is 0 Å². The fraction of sp³-hybridized carbons (Fsp3) is 0.286. The molecule has 3 rings (SSSR count). The van der Waals surface area contributed by atoms with E-state index in [0.29, 0.717) is 47.8 Å². The molecule has 0 aliphatic carbocycles. The summed E-state index contributed by atoms with van der Waals surface area (Å²) in [5.41, 5.74) is 7.36. The average molecular weight is 289 g/mol. The van der Waals surface area contributed by atoms with Gasteiger partial charge in [-0.1, -0.05) is 0 Å². The van der Waals surface area contributed by atoms with Gasteiger partial charge in [0.2, 0.25) is 0 Å². The van der Waals surface area contributed by atoms with Crippen LogP contribution < -0.4 is 15.2 Å². The summed E-state index contributed by atoms with van der Waals surface area (Å²) in [6, 6.07) is 5.35. The topological polar surface area (TPSA) is 99.6 Å². The van der Waals surface area contributed by atoms with Crippen molar-refractivity contribution in [2.24, 2.45) is 0 Å². The van der Waals surface area contributed by atoms with Crippen LogP contribution in [0, 0.1) is 0 Å². The average Bonchev–Trinajstić information content (AvgIpc) is 2.83. The number of aliphatic hydroxyl groups is 1. The lowest BCUT2D eigenvalue weighted by Gasteiger charge is -2.18. The molecule has 1 aromatic carbocycles. The van der Waals surface area contributed by atoms with Crippen molar-refractivity contribution in [1.82, 2.24) is 9.78 Å². The number of benzene rings is 1. The molecule has 21 heavy (non-hydrogen) atoms. The van der Waals surface area contributed by atoms with E-state index < -0.39 is 0 Å². The zero-order valence-electron chi connectivity index (χ0n) is 11.3. The highest BCUT2D eigenvalue weighted by Crippen LogP contribution is 2.35. The standard InChI is InChI=1S/C14H15N3O4/c15-14-10(8-19)13(16-17(14)3-4-18)9-1-2-11-12(7-9)21-6-5-20-11/h1-2,7-8,18H,3-6,15H2. The van der Waals surface area contributed by atoms with Gasteiger partial charge in [-0.2, -0.15) is 5.10 Å². The van der Waals surface area contributed by atoms with Crippen LogP contribution in [-0.4, -0.2) is 41.0 Å². The van der Waals surface area contributed by atoms with Crippen LogP contribution in [0.4, 0.5) is 5.82 Å². The molecule has 2 aromatic rings. The van der Waals surface area contributed by atoms with E-state index in [1.165, 1.54) is 4.68 Å². The first-order chi connectivity index (χ1) is 10.2. The van der Waals surface area contributed by atoms with Crippen LogP contribution in [0.25, 0.3) is 11.3 Å². The molecule has 0 atom stereocenters. The van der Waals surface area contributed by atoms with Gasteiger partial charge in [0.15, 0.2) is 17.8 Å². The van der Waals surface area contributed by atoms with E-state index >= 15 is 0 Å². The predicted molar refractivity (Wildman–Crippen MR) is 75.5 cm³/mol. The van der Waals surface area contributed by atoms with Crippen molar-refractivity contribution in [3.8, 4) is 22.8 Å². The third-order valence-electron chi connectivity index (χ3n) is 3.28. The number of hydrogen-bond donors (Lipinski definition) is 2. The largest absolute Gasteiger partial charge is 0.486 e. The minimum Gasteiger partial charge on any atom is -0.486 e. The van der Waals surface area contributed by atoms with E-state index in [2.05, 4.69) is 5.10 Å². The summed E-state index contributed by atoms with van der Waals surface area (Å²) in [5, 5.41) is 13.3. The molecule has 0 spiro atoms. The van der Waals surface area contributed by atoms with Crippen molar-refractivity contribution in [1.29, 1.82) is 0 Å². The van der Waals surface area contributed by atoms with Gasteiger partial charge in [0, 0.05) is 5.56 Å². The molecule has 0 bridgehead atoms. The van der Waals surface area contributed by atoms with Gasteiger partial charge in [-0.15, -0.1) is 0 Å². The van der Waals surface area contributed by atoms with Crippen molar-refractivity contribution in [2.75, 3.05) is 25.6 Å². The maximum absolute atomic E-state index is 11.3. The summed E-state index contributed by atoms with van der Waals surface area (Å²) in [6.07, 6.45) is 0.669. The number of nitrogens with zero attached hydrogens (tertiary/aromatic N) is 2. The monoisotopic (exact) mass is 289 g/mol. The Bertz CT molecular complexity index is 681. The van der Waals surface area contributed by atoms with E-state index in [-0.39, 0.29) is 19.0 Å². The van der Waals surface area contributed by atoms with Gasteiger partial charge in [0.05, 0.1) is 18.7 Å².